The molecule has 82 valence electrons. The third-order valence-electron chi connectivity index (χ3n) is 3.23. The largest absolute Gasteiger partial charge is 0.480 e. The van der Waals surface area contributed by atoms with Crippen molar-refractivity contribution < 1.29 is 15.0 Å². The van der Waals surface area contributed by atoms with Crippen LogP contribution in [0.25, 0.3) is 0 Å². The first-order valence-electron chi connectivity index (χ1n) is 5.23. The lowest BCUT2D eigenvalue weighted by atomic mass is 9.73. The zero-order valence-corrected chi connectivity index (χ0v) is 8.62. The van der Waals surface area contributed by atoms with Crippen molar-refractivity contribution in [3.8, 4) is 0 Å². The quantitative estimate of drug-likeness (QED) is 0.623. The van der Waals surface area contributed by atoms with Gasteiger partial charge in [-0.1, -0.05) is 19.8 Å². The second kappa shape index (κ2) is 4.75. The Bertz CT molecular complexity index is 208. The van der Waals surface area contributed by atoms with Crippen LogP contribution in [0.15, 0.2) is 0 Å². The number of hydrogen-bond acceptors (Lipinski definition) is 3. The number of aliphatic hydroxyl groups excluding tert-OH is 1. The maximum absolute atomic E-state index is 11.2. The van der Waals surface area contributed by atoms with Crippen LogP contribution >= 0.6 is 0 Å². The van der Waals surface area contributed by atoms with Gasteiger partial charge in [-0.15, -0.1) is 0 Å². The van der Waals surface area contributed by atoms with Crippen molar-refractivity contribution in [2.75, 3.05) is 13.2 Å². The first-order valence-corrected chi connectivity index (χ1v) is 5.23. The highest BCUT2D eigenvalue weighted by atomic mass is 16.4. The highest BCUT2D eigenvalue weighted by Crippen LogP contribution is 2.33. The van der Waals surface area contributed by atoms with Crippen LogP contribution in [0.2, 0.25) is 0 Å². The van der Waals surface area contributed by atoms with Gasteiger partial charge in [0.05, 0.1) is 6.61 Å². The van der Waals surface area contributed by atoms with Crippen LogP contribution < -0.4 is 5.32 Å². The van der Waals surface area contributed by atoms with Gasteiger partial charge >= 0.3 is 5.97 Å². The molecule has 1 saturated carbocycles. The smallest absolute Gasteiger partial charge is 0.324 e. The molecule has 1 rings (SSSR count). The third kappa shape index (κ3) is 2.07. The number of carboxylic acid groups (broad SMARTS) is 1. The predicted octanol–water partition coefficient (Wildman–Crippen LogP) is 0.602. The molecular formula is C10H19NO3. The van der Waals surface area contributed by atoms with E-state index >= 15 is 0 Å². The van der Waals surface area contributed by atoms with Gasteiger partial charge in [-0.3, -0.25) is 10.1 Å². The molecule has 1 fully saturated rings. The Morgan fingerprint density at radius 3 is 2.79 bits per heavy atom. The minimum atomic E-state index is -0.805. The third-order valence-corrected chi connectivity index (χ3v) is 3.23. The van der Waals surface area contributed by atoms with Crippen LogP contribution in [0.5, 0.6) is 0 Å². The van der Waals surface area contributed by atoms with Gasteiger partial charge in [0, 0.05) is 6.54 Å². The molecular weight excluding hydrogens is 182 g/mol. The summed E-state index contributed by atoms with van der Waals surface area (Å²) in [5.74, 6) is -0.640. The molecule has 14 heavy (non-hydrogen) atoms. The Hall–Kier alpha value is -0.610. The van der Waals surface area contributed by atoms with Gasteiger partial charge in [-0.2, -0.15) is 0 Å². The minimum absolute atomic E-state index is 0.0122. The molecule has 0 heterocycles. The molecule has 0 spiro atoms. The van der Waals surface area contributed by atoms with E-state index in [9.17, 15) is 9.90 Å². The molecule has 2 atom stereocenters. The van der Waals surface area contributed by atoms with E-state index in [4.69, 9.17) is 5.11 Å². The summed E-state index contributed by atoms with van der Waals surface area (Å²) in [6.45, 7) is 2.32. The fourth-order valence-corrected chi connectivity index (χ4v) is 2.28. The molecule has 4 heteroatoms. The summed E-state index contributed by atoms with van der Waals surface area (Å²) in [6, 6.07) is 0. The number of β-amino-alcohol motifs (C(OH)–C–C–N with tert-alkyl or cyclic N) is 1. The lowest BCUT2D eigenvalue weighted by Crippen LogP contribution is -2.58. The molecule has 3 N–H and O–H groups in total. The summed E-state index contributed by atoms with van der Waals surface area (Å²) < 4.78 is 0. The maximum Gasteiger partial charge on any atom is 0.324 e. The number of carboxylic acids is 1. The summed E-state index contributed by atoms with van der Waals surface area (Å²) >= 11 is 0. The van der Waals surface area contributed by atoms with Crippen molar-refractivity contribution in [1.82, 2.24) is 5.32 Å². The Labute approximate surface area is 84.3 Å². The van der Waals surface area contributed by atoms with Crippen molar-refractivity contribution in [3.05, 3.63) is 0 Å². The fourth-order valence-electron chi connectivity index (χ4n) is 2.28. The van der Waals surface area contributed by atoms with Crippen LogP contribution in [-0.4, -0.2) is 34.9 Å². The summed E-state index contributed by atoms with van der Waals surface area (Å²) in [7, 11) is 0. The first-order chi connectivity index (χ1) is 6.63. The predicted molar refractivity (Wildman–Crippen MR) is 53.1 cm³/mol. The number of aliphatic hydroxyl groups is 1. The van der Waals surface area contributed by atoms with E-state index in [-0.39, 0.29) is 12.5 Å². The summed E-state index contributed by atoms with van der Waals surface area (Å²) in [5.41, 5.74) is -0.805. The molecule has 2 unspecified atom stereocenters. The normalized spacial score (nSPS) is 32.9. The van der Waals surface area contributed by atoms with E-state index in [0.29, 0.717) is 13.0 Å². The lowest BCUT2D eigenvalue weighted by Gasteiger charge is -2.39. The van der Waals surface area contributed by atoms with Gasteiger partial charge in [-0.05, 0) is 18.8 Å². The number of aliphatic carboxylic acids is 1. The summed E-state index contributed by atoms with van der Waals surface area (Å²) in [6.07, 6.45) is 3.68. The van der Waals surface area contributed by atoms with Crippen molar-refractivity contribution in [2.45, 2.75) is 38.1 Å². The summed E-state index contributed by atoms with van der Waals surface area (Å²) in [4.78, 5) is 11.2. The van der Waals surface area contributed by atoms with Gasteiger partial charge < -0.3 is 10.2 Å². The van der Waals surface area contributed by atoms with Gasteiger partial charge in [0.25, 0.3) is 0 Å². The lowest BCUT2D eigenvalue weighted by molar-refractivity contribution is -0.149. The van der Waals surface area contributed by atoms with Crippen molar-refractivity contribution in [2.24, 2.45) is 5.92 Å². The highest BCUT2D eigenvalue weighted by molar-refractivity contribution is 5.79. The molecule has 0 aliphatic heterocycles. The van der Waals surface area contributed by atoms with Gasteiger partial charge in [0.15, 0.2) is 0 Å². The topological polar surface area (TPSA) is 69.6 Å². The second-order valence-electron chi connectivity index (χ2n) is 4.07. The van der Waals surface area contributed by atoms with E-state index < -0.39 is 11.5 Å². The van der Waals surface area contributed by atoms with Crippen molar-refractivity contribution >= 4 is 5.97 Å². The zero-order chi connectivity index (χ0) is 10.6. The van der Waals surface area contributed by atoms with Crippen LogP contribution in [-0.2, 0) is 4.79 Å². The van der Waals surface area contributed by atoms with Crippen LogP contribution in [0.1, 0.15) is 32.6 Å². The van der Waals surface area contributed by atoms with Gasteiger partial charge in [0.1, 0.15) is 5.54 Å². The molecule has 4 nitrogen and oxygen atoms in total. The molecule has 0 aromatic carbocycles. The van der Waals surface area contributed by atoms with E-state index in [2.05, 4.69) is 5.32 Å². The molecule has 0 saturated heterocycles. The van der Waals surface area contributed by atoms with Crippen LogP contribution in [0, 0.1) is 5.92 Å². The number of carbonyl (C=O) groups is 1. The number of rotatable bonds is 4. The Balaban J connectivity index is 2.72. The van der Waals surface area contributed by atoms with Gasteiger partial charge in [-0.25, -0.2) is 0 Å². The van der Waals surface area contributed by atoms with Crippen molar-refractivity contribution in [1.29, 1.82) is 0 Å². The highest BCUT2D eigenvalue weighted by Gasteiger charge is 2.44. The Morgan fingerprint density at radius 2 is 2.29 bits per heavy atom. The molecule has 0 radical (unpaired) electrons. The number of nitrogens with one attached hydrogen (secondary N) is 1. The van der Waals surface area contributed by atoms with E-state index in [0.717, 1.165) is 19.3 Å². The van der Waals surface area contributed by atoms with Crippen LogP contribution in [0.3, 0.4) is 0 Å². The standard InChI is InChI=1S/C10H19NO3/c1-8-4-2-3-5-10(8,9(13)14)11-6-7-12/h8,11-12H,2-7H2,1H3,(H,13,14). The number of hydrogen-bond donors (Lipinski definition) is 3. The molecule has 0 aromatic rings. The molecule has 1 aliphatic carbocycles. The first kappa shape index (κ1) is 11.5. The SMILES string of the molecule is CC1CCCCC1(NCCO)C(=O)O. The molecule has 1 aliphatic rings. The average molecular weight is 201 g/mol. The maximum atomic E-state index is 11.2. The molecule has 0 aromatic heterocycles. The average Bonchev–Trinajstić information content (AvgIpc) is 2.16. The molecule has 0 amide bonds. The second-order valence-corrected chi connectivity index (χ2v) is 4.07. The van der Waals surface area contributed by atoms with Crippen LogP contribution in [0.4, 0.5) is 0 Å². The van der Waals surface area contributed by atoms with E-state index in [1.165, 1.54) is 0 Å². The Kier molecular flexibility index (Phi) is 3.89. The minimum Gasteiger partial charge on any atom is -0.480 e. The fraction of sp³-hybridized carbons (Fsp3) is 0.900. The van der Waals surface area contributed by atoms with Gasteiger partial charge in [0.2, 0.25) is 0 Å². The van der Waals surface area contributed by atoms with E-state index in [1.54, 1.807) is 0 Å². The molecule has 0 bridgehead atoms. The zero-order valence-electron chi connectivity index (χ0n) is 8.62. The van der Waals surface area contributed by atoms with E-state index in [1.807, 2.05) is 6.92 Å². The Morgan fingerprint density at radius 1 is 1.57 bits per heavy atom. The monoisotopic (exact) mass is 201 g/mol. The summed E-state index contributed by atoms with van der Waals surface area (Å²) in [5, 5.41) is 21.0. The van der Waals surface area contributed by atoms with Crippen molar-refractivity contribution in [3.63, 3.8) is 0 Å².